The van der Waals surface area contributed by atoms with Crippen LogP contribution in [-0.2, 0) is 0 Å². The number of aromatic carboxylic acids is 1. The maximum Gasteiger partial charge on any atom is 0.341 e. The van der Waals surface area contributed by atoms with Crippen molar-refractivity contribution in [3.8, 4) is 23.3 Å². The minimum absolute atomic E-state index is 0.0365. The van der Waals surface area contributed by atoms with Crippen molar-refractivity contribution in [2.75, 3.05) is 64.4 Å². The maximum absolute atomic E-state index is 13.6. The first-order valence-corrected chi connectivity index (χ1v) is 17.4. The number of pyridine rings is 4. The van der Waals surface area contributed by atoms with Crippen LogP contribution in [0.5, 0.6) is 17.6 Å². The number of likely N-dealkylation sites (N-methyl/N-ethyl adjacent to an activating group) is 1. The standard InChI is InChI=1S/C37H37Cl2N7O6/c1-43(2)25-17-44(18-25)32-8-6-23(15-40-32)46-19-27(37(48)49)35(47)26-12-29(39)31(13-30(26)46)45-16-22(21-5-9-33(50-3)41-14-21)11-24(45)20-52-36-28(38)7-10-34(42-36)51-4/h5-10,12-15,19,22,24-25H,11,16-18,20H2,1-4H3,(H,48,49)/t22?,24-/m1/s1. The van der Waals surface area contributed by atoms with Crippen LogP contribution in [0.1, 0.15) is 28.3 Å². The molecule has 1 aromatic carbocycles. The van der Waals surface area contributed by atoms with E-state index >= 15 is 0 Å². The lowest BCUT2D eigenvalue weighted by atomic mass is 9.98. The minimum Gasteiger partial charge on any atom is -0.481 e. The number of carboxylic acids is 1. The fraction of sp³-hybridized carbons (Fsp3) is 0.324. The van der Waals surface area contributed by atoms with Crippen LogP contribution in [0.25, 0.3) is 16.6 Å². The van der Waals surface area contributed by atoms with E-state index in [0.29, 0.717) is 52.7 Å². The van der Waals surface area contributed by atoms with Crippen molar-refractivity contribution in [3.63, 3.8) is 0 Å². The quantitative estimate of drug-likeness (QED) is 0.186. The predicted octanol–water partition coefficient (Wildman–Crippen LogP) is 5.39. The molecule has 15 heteroatoms. The molecule has 0 spiro atoms. The van der Waals surface area contributed by atoms with Gasteiger partial charge in [0, 0.05) is 61.5 Å². The zero-order valence-corrected chi connectivity index (χ0v) is 30.5. The van der Waals surface area contributed by atoms with Crippen molar-refractivity contribution in [1.82, 2.24) is 24.4 Å². The normalized spacial score (nSPS) is 17.4. The highest BCUT2D eigenvalue weighted by Gasteiger charge is 2.36. The highest BCUT2D eigenvalue weighted by Crippen LogP contribution is 2.41. The number of carboxylic acid groups (broad SMARTS) is 1. The van der Waals surface area contributed by atoms with Gasteiger partial charge in [0.15, 0.2) is 0 Å². The van der Waals surface area contributed by atoms with E-state index in [0.717, 1.165) is 24.5 Å². The zero-order chi connectivity index (χ0) is 36.7. The van der Waals surface area contributed by atoms with E-state index in [9.17, 15) is 14.7 Å². The first kappa shape index (κ1) is 35.3. The van der Waals surface area contributed by atoms with Gasteiger partial charge in [-0.2, -0.15) is 4.98 Å². The van der Waals surface area contributed by atoms with E-state index in [4.69, 9.17) is 42.4 Å². The van der Waals surface area contributed by atoms with Gasteiger partial charge in [0.1, 0.15) is 23.0 Å². The maximum atomic E-state index is 13.6. The molecule has 7 rings (SSSR count). The fourth-order valence-electron chi connectivity index (χ4n) is 6.76. The van der Waals surface area contributed by atoms with E-state index in [1.54, 1.807) is 42.3 Å². The molecule has 0 aliphatic carbocycles. The van der Waals surface area contributed by atoms with E-state index in [2.05, 4.69) is 38.8 Å². The molecule has 0 amide bonds. The molecule has 0 bridgehead atoms. The SMILES string of the molecule is COc1ccc(C2C[C@H](COc3nc(OC)ccc3Cl)N(c3cc4c(cc3Cl)c(=O)c(C(=O)O)cn4-c3ccc(N4CC(N(C)C)C4)nc3)C2)cn1. The third-order valence-electron chi connectivity index (χ3n) is 9.80. The molecule has 2 fully saturated rings. The number of nitrogens with zero attached hydrogens (tertiary/aromatic N) is 7. The lowest BCUT2D eigenvalue weighted by Crippen LogP contribution is -2.57. The summed E-state index contributed by atoms with van der Waals surface area (Å²) in [5.41, 5.74) is 1.72. The largest absolute Gasteiger partial charge is 0.481 e. The average molecular weight is 747 g/mol. The van der Waals surface area contributed by atoms with Crippen LogP contribution in [-0.4, -0.2) is 102 Å². The van der Waals surface area contributed by atoms with E-state index in [1.807, 2.05) is 30.3 Å². The van der Waals surface area contributed by atoms with Gasteiger partial charge in [-0.1, -0.05) is 29.3 Å². The van der Waals surface area contributed by atoms with Crippen molar-refractivity contribution in [2.24, 2.45) is 0 Å². The van der Waals surface area contributed by atoms with Crippen molar-refractivity contribution in [2.45, 2.75) is 24.4 Å². The molecule has 1 N–H and O–H groups in total. The Balaban J connectivity index is 1.28. The van der Waals surface area contributed by atoms with Gasteiger partial charge in [-0.3, -0.25) is 4.79 Å². The number of fused-ring (bicyclic) bond motifs is 1. The lowest BCUT2D eigenvalue weighted by molar-refractivity contribution is 0.0695. The second-order valence-electron chi connectivity index (χ2n) is 13.1. The molecule has 0 saturated carbocycles. The fourth-order valence-corrected chi connectivity index (χ4v) is 7.19. The number of benzene rings is 1. The van der Waals surface area contributed by atoms with Gasteiger partial charge in [-0.15, -0.1) is 0 Å². The van der Waals surface area contributed by atoms with Gasteiger partial charge in [0.2, 0.25) is 23.1 Å². The molecule has 270 valence electrons. The van der Waals surface area contributed by atoms with Crippen molar-refractivity contribution in [1.29, 1.82) is 0 Å². The summed E-state index contributed by atoms with van der Waals surface area (Å²) in [6.45, 7) is 2.47. The molecule has 2 atom stereocenters. The Morgan fingerprint density at radius 3 is 2.38 bits per heavy atom. The van der Waals surface area contributed by atoms with E-state index in [1.165, 1.54) is 13.3 Å². The molecule has 13 nitrogen and oxygen atoms in total. The third kappa shape index (κ3) is 6.79. The van der Waals surface area contributed by atoms with Crippen LogP contribution < -0.4 is 29.4 Å². The summed E-state index contributed by atoms with van der Waals surface area (Å²) < 4.78 is 18.4. The van der Waals surface area contributed by atoms with E-state index in [-0.39, 0.29) is 40.4 Å². The summed E-state index contributed by atoms with van der Waals surface area (Å²) in [5, 5.41) is 10.8. The predicted molar refractivity (Wildman–Crippen MR) is 200 cm³/mol. The monoisotopic (exact) mass is 745 g/mol. The first-order valence-electron chi connectivity index (χ1n) is 16.6. The summed E-state index contributed by atoms with van der Waals surface area (Å²) in [4.78, 5) is 45.8. The smallest absolute Gasteiger partial charge is 0.341 e. The Hall–Kier alpha value is -5.11. The van der Waals surface area contributed by atoms with Gasteiger partial charge >= 0.3 is 5.97 Å². The van der Waals surface area contributed by atoms with Crippen LogP contribution in [0.4, 0.5) is 11.5 Å². The number of methoxy groups -OCH3 is 2. The van der Waals surface area contributed by atoms with Gasteiger partial charge in [-0.25, -0.2) is 14.8 Å². The molecule has 2 aliphatic heterocycles. The van der Waals surface area contributed by atoms with Crippen LogP contribution in [0.15, 0.2) is 71.9 Å². The first-order chi connectivity index (χ1) is 25.0. The van der Waals surface area contributed by atoms with Crippen LogP contribution in [0.2, 0.25) is 10.0 Å². The Morgan fingerprint density at radius 2 is 1.73 bits per heavy atom. The third-order valence-corrected chi connectivity index (χ3v) is 10.4. The highest BCUT2D eigenvalue weighted by molar-refractivity contribution is 6.34. The molecule has 5 aromatic rings. The summed E-state index contributed by atoms with van der Waals surface area (Å²) in [6.07, 6.45) is 5.51. The molecular formula is C37H37Cl2N7O6. The number of aromatic nitrogens is 4. The molecule has 52 heavy (non-hydrogen) atoms. The Morgan fingerprint density at radius 1 is 0.962 bits per heavy atom. The van der Waals surface area contributed by atoms with Crippen LogP contribution >= 0.6 is 23.2 Å². The molecular weight excluding hydrogens is 709 g/mol. The zero-order valence-electron chi connectivity index (χ0n) is 29.0. The lowest BCUT2D eigenvalue weighted by Gasteiger charge is -2.43. The number of hydrogen-bond acceptors (Lipinski definition) is 11. The molecule has 1 unspecified atom stereocenters. The summed E-state index contributed by atoms with van der Waals surface area (Å²) >= 11 is 13.4. The number of ether oxygens (including phenoxy) is 3. The van der Waals surface area contributed by atoms with Crippen molar-refractivity contribution < 1.29 is 24.1 Å². The number of halogens is 2. The minimum atomic E-state index is -1.33. The summed E-state index contributed by atoms with van der Waals surface area (Å²) in [5.74, 6) is 0.637. The van der Waals surface area contributed by atoms with Gasteiger partial charge in [0.05, 0.1) is 48.4 Å². The van der Waals surface area contributed by atoms with E-state index < -0.39 is 11.4 Å². The number of carbonyl (C=O) groups is 1. The summed E-state index contributed by atoms with van der Waals surface area (Å²) in [6, 6.07) is 14.5. The Bertz CT molecular complexity index is 2180. The average Bonchev–Trinajstić information content (AvgIpc) is 3.55. The molecule has 2 aliphatic rings. The van der Waals surface area contributed by atoms with Gasteiger partial charge in [-0.05, 0) is 56.4 Å². The molecule has 0 radical (unpaired) electrons. The summed E-state index contributed by atoms with van der Waals surface area (Å²) in [7, 11) is 7.20. The van der Waals surface area contributed by atoms with Crippen molar-refractivity contribution in [3.05, 3.63) is 98.5 Å². The number of hydrogen-bond donors (Lipinski definition) is 1. The number of anilines is 2. The van der Waals surface area contributed by atoms with Gasteiger partial charge in [0.25, 0.3) is 0 Å². The van der Waals surface area contributed by atoms with Crippen molar-refractivity contribution >= 4 is 51.6 Å². The van der Waals surface area contributed by atoms with Gasteiger partial charge < -0.3 is 38.6 Å². The van der Waals surface area contributed by atoms with Crippen LogP contribution in [0, 0.1) is 0 Å². The number of rotatable bonds is 11. The second kappa shape index (κ2) is 14.5. The Kier molecular flexibility index (Phi) is 9.84. The highest BCUT2D eigenvalue weighted by atomic mass is 35.5. The second-order valence-corrected chi connectivity index (χ2v) is 13.9. The molecule has 6 heterocycles. The molecule has 4 aromatic heterocycles. The molecule has 2 saturated heterocycles. The van der Waals surface area contributed by atoms with Crippen LogP contribution in [0.3, 0.4) is 0 Å². The Labute approximate surface area is 309 Å². The topological polar surface area (TPSA) is 135 Å².